The highest BCUT2D eigenvalue weighted by Crippen LogP contribution is 2.19. The van der Waals surface area contributed by atoms with Gasteiger partial charge in [-0.15, -0.1) is 5.10 Å². The van der Waals surface area contributed by atoms with Gasteiger partial charge in [0.15, 0.2) is 5.82 Å². The van der Waals surface area contributed by atoms with E-state index in [0.717, 1.165) is 50.4 Å². The summed E-state index contributed by atoms with van der Waals surface area (Å²) in [4.78, 5) is 14.6. The smallest absolute Gasteiger partial charge is 0.223 e. The first kappa shape index (κ1) is 18.5. The van der Waals surface area contributed by atoms with Gasteiger partial charge in [0.05, 0.1) is 12.2 Å². The number of unbranched alkanes of at least 4 members (excludes halogenated alkanes) is 2. The predicted molar refractivity (Wildman–Crippen MR) is 99.7 cm³/mol. The number of hydrogen-bond donors (Lipinski definition) is 1. The van der Waals surface area contributed by atoms with Crippen molar-refractivity contribution < 1.29 is 4.79 Å². The number of para-hydroxylation sites is 1. The molecule has 1 aliphatic rings. The Kier molecular flexibility index (Phi) is 6.71. The zero-order valence-electron chi connectivity index (χ0n) is 15.5. The van der Waals surface area contributed by atoms with E-state index < -0.39 is 0 Å². The van der Waals surface area contributed by atoms with Crippen LogP contribution in [-0.4, -0.2) is 50.6 Å². The van der Waals surface area contributed by atoms with Crippen LogP contribution in [0.25, 0.3) is 5.69 Å². The summed E-state index contributed by atoms with van der Waals surface area (Å²) in [5, 5.41) is 15.2. The van der Waals surface area contributed by atoms with E-state index in [1.807, 2.05) is 30.3 Å². The minimum Gasteiger partial charge on any atom is -0.356 e. The summed E-state index contributed by atoms with van der Waals surface area (Å²) in [6.07, 6.45) is 5.22. The SMILES string of the molecule is CCCCCNC(=O)C1CCN(Cc2nnnn2-c2ccccc2)CC1. The van der Waals surface area contributed by atoms with Gasteiger partial charge >= 0.3 is 0 Å². The molecule has 1 aromatic heterocycles. The van der Waals surface area contributed by atoms with Crippen molar-refractivity contribution in [3.8, 4) is 5.69 Å². The van der Waals surface area contributed by atoms with Crippen LogP contribution < -0.4 is 5.32 Å². The molecule has 26 heavy (non-hydrogen) atoms. The van der Waals surface area contributed by atoms with E-state index in [9.17, 15) is 4.79 Å². The second kappa shape index (κ2) is 9.43. The van der Waals surface area contributed by atoms with Gasteiger partial charge in [0.2, 0.25) is 5.91 Å². The Balaban J connectivity index is 1.48. The highest BCUT2D eigenvalue weighted by molar-refractivity contribution is 5.78. The Hall–Kier alpha value is -2.28. The Morgan fingerprint density at radius 3 is 2.69 bits per heavy atom. The van der Waals surface area contributed by atoms with Gasteiger partial charge in [0, 0.05) is 12.5 Å². The fraction of sp³-hybridized carbons (Fsp3) is 0.579. The molecular weight excluding hydrogens is 328 g/mol. The number of nitrogens with one attached hydrogen (secondary N) is 1. The fourth-order valence-corrected chi connectivity index (χ4v) is 3.36. The van der Waals surface area contributed by atoms with Crippen LogP contribution in [0.1, 0.15) is 44.9 Å². The Labute approximate surface area is 154 Å². The monoisotopic (exact) mass is 356 g/mol. The first-order valence-electron chi connectivity index (χ1n) is 9.60. The van der Waals surface area contributed by atoms with Gasteiger partial charge in [0.25, 0.3) is 0 Å². The maximum atomic E-state index is 12.3. The maximum absolute atomic E-state index is 12.3. The van der Waals surface area contributed by atoms with Crippen molar-refractivity contribution in [2.45, 2.75) is 45.6 Å². The van der Waals surface area contributed by atoms with Gasteiger partial charge in [-0.25, -0.2) is 0 Å². The lowest BCUT2D eigenvalue weighted by Crippen LogP contribution is -2.40. The summed E-state index contributed by atoms with van der Waals surface area (Å²) < 4.78 is 1.78. The number of hydrogen-bond acceptors (Lipinski definition) is 5. The summed E-state index contributed by atoms with van der Waals surface area (Å²) in [6.45, 7) is 5.47. The van der Waals surface area contributed by atoms with Crippen LogP contribution in [0.15, 0.2) is 30.3 Å². The molecule has 0 bridgehead atoms. The van der Waals surface area contributed by atoms with Gasteiger partial charge in [-0.3, -0.25) is 9.69 Å². The van der Waals surface area contributed by atoms with Crippen molar-refractivity contribution in [3.63, 3.8) is 0 Å². The third-order valence-corrected chi connectivity index (χ3v) is 4.94. The quantitative estimate of drug-likeness (QED) is 0.734. The summed E-state index contributed by atoms with van der Waals surface area (Å²) >= 11 is 0. The summed E-state index contributed by atoms with van der Waals surface area (Å²) in [5.74, 6) is 1.19. The third-order valence-electron chi connectivity index (χ3n) is 4.94. The van der Waals surface area contributed by atoms with Crippen molar-refractivity contribution in [1.29, 1.82) is 0 Å². The average molecular weight is 356 g/mol. The molecule has 2 aromatic rings. The molecule has 1 aromatic carbocycles. The molecule has 7 heteroatoms. The number of likely N-dealkylation sites (tertiary alicyclic amines) is 1. The first-order chi connectivity index (χ1) is 12.8. The molecule has 1 aliphatic heterocycles. The van der Waals surface area contributed by atoms with E-state index >= 15 is 0 Å². The van der Waals surface area contributed by atoms with Crippen molar-refractivity contribution in [2.75, 3.05) is 19.6 Å². The van der Waals surface area contributed by atoms with E-state index in [4.69, 9.17) is 0 Å². The van der Waals surface area contributed by atoms with Crippen molar-refractivity contribution in [1.82, 2.24) is 30.4 Å². The number of amides is 1. The van der Waals surface area contributed by atoms with Crippen molar-refractivity contribution in [2.24, 2.45) is 5.92 Å². The molecule has 1 N–H and O–H groups in total. The molecule has 140 valence electrons. The minimum atomic E-state index is 0.137. The topological polar surface area (TPSA) is 75.9 Å². The molecule has 1 fully saturated rings. The van der Waals surface area contributed by atoms with Gasteiger partial charge in [0.1, 0.15) is 0 Å². The third kappa shape index (κ3) is 4.88. The highest BCUT2D eigenvalue weighted by Gasteiger charge is 2.25. The number of nitrogens with zero attached hydrogens (tertiary/aromatic N) is 5. The number of rotatable bonds is 8. The standard InChI is InChI=1S/C19H28N6O/c1-2-3-7-12-20-19(26)16-10-13-24(14-11-16)15-18-21-22-23-25(18)17-8-5-4-6-9-17/h4-6,8-9,16H,2-3,7,10-15H2,1H3,(H,20,26). The number of aromatic nitrogens is 4. The largest absolute Gasteiger partial charge is 0.356 e. The van der Waals surface area contributed by atoms with Crippen molar-refractivity contribution >= 4 is 5.91 Å². The molecule has 0 atom stereocenters. The molecule has 1 saturated heterocycles. The average Bonchev–Trinajstić information content (AvgIpc) is 3.14. The Morgan fingerprint density at radius 2 is 1.96 bits per heavy atom. The summed E-state index contributed by atoms with van der Waals surface area (Å²) in [7, 11) is 0. The molecule has 1 amide bonds. The predicted octanol–water partition coefficient (Wildman–Crippen LogP) is 2.18. The molecule has 0 saturated carbocycles. The molecule has 0 spiro atoms. The van der Waals surface area contributed by atoms with Crippen molar-refractivity contribution in [3.05, 3.63) is 36.2 Å². The number of benzene rings is 1. The normalized spacial score (nSPS) is 15.9. The first-order valence-corrected chi connectivity index (χ1v) is 9.60. The lowest BCUT2D eigenvalue weighted by molar-refractivity contribution is -0.126. The minimum absolute atomic E-state index is 0.137. The maximum Gasteiger partial charge on any atom is 0.223 e. The van der Waals surface area contributed by atoms with Crippen LogP contribution in [0.2, 0.25) is 0 Å². The zero-order chi connectivity index (χ0) is 18.2. The second-order valence-electron chi connectivity index (χ2n) is 6.89. The van der Waals surface area contributed by atoms with E-state index in [1.54, 1.807) is 4.68 Å². The lowest BCUT2D eigenvalue weighted by atomic mass is 9.96. The summed E-state index contributed by atoms with van der Waals surface area (Å²) in [6, 6.07) is 9.92. The number of tetrazole rings is 1. The van der Waals surface area contributed by atoms with E-state index in [-0.39, 0.29) is 11.8 Å². The highest BCUT2D eigenvalue weighted by atomic mass is 16.1. The molecule has 0 unspecified atom stereocenters. The molecule has 7 nitrogen and oxygen atoms in total. The van der Waals surface area contributed by atoms with Crippen LogP contribution in [-0.2, 0) is 11.3 Å². The lowest BCUT2D eigenvalue weighted by Gasteiger charge is -2.30. The molecule has 3 rings (SSSR count). The molecule has 0 radical (unpaired) electrons. The fourth-order valence-electron chi connectivity index (χ4n) is 3.36. The Bertz CT molecular complexity index is 678. The number of piperidine rings is 1. The van der Waals surface area contributed by atoms with Gasteiger partial charge in [-0.05, 0) is 54.9 Å². The van der Waals surface area contributed by atoms with E-state index in [0.29, 0.717) is 6.54 Å². The van der Waals surface area contributed by atoms with Crippen LogP contribution in [0.5, 0.6) is 0 Å². The van der Waals surface area contributed by atoms with Crippen LogP contribution >= 0.6 is 0 Å². The summed E-state index contributed by atoms with van der Waals surface area (Å²) in [5.41, 5.74) is 0.967. The molecular formula is C19H28N6O. The molecule has 0 aliphatic carbocycles. The van der Waals surface area contributed by atoms with Gasteiger partial charge in [-0.1, -0.05) is 38.0 Å². The zero-order valence-corrected chi connectivity index (χ0v) is 15.5. The number of carbonyl (C=O) groups is 1. The second-order valence-corrected chi connectivity index (χ2v) is 6.89. The van der Waals surface area contributed by atoms with Crippen LogP contribution in [0, 0.1) is 5.92 Å². The van der Waals surface area contributed by atoms with Crippen LogP contribution in [0.4, 0.5) is 0 Å². The molecule has 2 heterocycles. The van der Waals surface area contributed by atoms with E-state index in [2.05, 4.69) is 32.7 Å². The van der Waals surface area contributed by atoms with E-state index in [1.165, 1.54) is 12.8 Å². The van der Waals surface area contributed by atoms with Gasteiger partial charge in [-0.2, -0.15) is 4.68 Å². The Morgan fingerprint density at radius 1 is 1.19 bits per heavy atom. The number of carbonyl (C=O) groups excluding carboxylic acids is 1. The van der Waals surface area contributed by atoms with Gasteiger partial charge < -0.3 is 5.32 Å². The van der Waals surface area contributed by atoms with Crippen LogP contribution in [0.3, 0.4) is 0 Å².